The number of nitro groups is 1. The van der Waals surface area contributed by atoms with E-state index in [4.69, 9.17) is 4.74 Å². The number of hydrogen-bond donors (Lipinski definition) is 1. The predicted molar refractivity (Wildman–Crippen MR) is 74.1 cm³/mol. The fraction of sp³-hybridized carbons (Fsp3) is 0.357. The molecular weight excluding hydrogens is 260 g/mol. The van der Waals surface area contributed by atoms with Crippen LogP contribution >= 0.6 is 0 Å². The molecule has 6 nitrogen and oxygen atoms in total. The molecule has 1 aromatic rings. The number of ether oxygens (including phenoxy) is 1. The Morgan fingerprint density at radius 3 is 3.10 bits per heavy atom. The quantitative estimate of drug-likeness (QED) is 0.506. The second kappa shape index (κ2) is 6.81. The minimum atomic E-state index is -0.463. The van der Waals surface area contributed by atoms with E-state index in [1.54, 1.807) is 18.2 Å². The topological polar surface area (TPSA) is 81.5 Å². The average molecular weight is 276 g/mol. The van der Waals surface area contributed by atoms with E-state index in [1.165, 1.54) is 18.2 Å². The summed E-state index contributed by atoms with van der Waals surface area (Å²) in [6.45, 7) is 1.25. The lowest BCUT2D eigenvalue weighted by Crippen LogP contribution is -2.30. The molecule has 1 aromatic carbocycles. The number of hydrogen-bond acceptors (Lipinski definition) is 4. The zero-order valence-corrected chi connectivity index (χ0v) is 11.0. The first-order chi connectivity index (χ1) is 9.65. The van der Waals surface area contributed by atoms with Crippen LogP contribution in [0.25, 0.3) is 6.08 Å². The van der Waals surface area contributed by atoms with Crippen molar-refractivity contribution in [3.63, 3.8) is 0 Å². The maximum Gasteiger partial charge on any atom is 0.270 e. The molecule has 1 N–H and O–H groups in total. The Morgan fingerprint density at radius 2 is 2.40 bits per heavy atom. The highest BCUT2D eigenvalue weighted by Gasteiger charge is 2.15. The van der Waals surface area contributed by atoms with Crippen molar-refractivity contribution in [1.82, 2.24) is 5.32 Å². The molecule has 1 heterocycles. The molecule has 0 spiro atoms. The van der Waals surface area contributed by atoms with Gasteiger partial charge in [-0.25, -0.2) is 0 Å². The monoisotopic (exact) mass is 276 g/mol. The Kier molecular flexibility index (Phi) is 4.84. The van der Waals surface area contributed by atoms with Gasteiger partial charge in [-0.05, 0) is 24.5 Å². The highest BCUT2D eigenvalue weighted by Crippen LogP contribution is 2.14. The van der Waals surface area contributed by atoms with Crippen LogP contribution < -0.4 is 5.32 Å². The van der Waals surface area contributed by atoms with E-state index in [2.05, 4.69) is 5.32 Å². The van der Waals surface area contributed by atoms with E-state index in [9.17, 15) is 14.9 Å². The second-order valence-corrected chi connectivity index (χ2v) is 4.57. The van der Waals surface area contributed by atoms with Gasteiger partial charge in [0.05, 0.1) is 11.0 Å². The smallest absolute Gasteiger partial charge is 0.270 e. The first kappa shape index (κ1) is 14.2. The zero-order chi connectivity index (χ0) is 14.4. The molecule has 0 saturated carbocycles. The van der Waals surface area contributed by atoms with Crippen LogP contribution in [-0.4, -0.2) is 30.1 Å². The van der Waals surface area contributed by atoms with Crippen molar-refractivity contribution in [2.24, 2.45) is 0 Å². The van der Waals surface area contributed by atoms with Gasteiger partial charge in [-0.3, -0.25) is 14.9 Å². The third-order valence-corrected chi connectivity index (χ3v) is 3.04. The molecule has 106 valence electrons. The summed E-state index contributed by atoms with van der Waals surface area (Å²) in [7, 11) is 0. The number of nitrogens with one attached hydrogen (secondary N) is 1. The van der Waals surface area contributed by atoms with E-state index >= 15 is 0 Å². The van der Waals surface area contributed by atoms with Crippen LogP contribution in [0.1, 0.15) is 18.4 Å². The summed E-state index contributed by atoms with van der Waals surface area (Å²) in [5, 5.41) is 13.4. The van der Waals surface area contributed by atoms with Gasteiger partial charge < -0.3 is 10.1 Å². The number of nitro benzene ring substituents is 1. The van der Waals surface area contributed by atoms with Gasteiger partial charge in [0.25, 0.3) is 5.69 Å². The van der Waals surface area contributed by atoms with Crippen LogP contribution in [0.2, 0.25) is 0 Å². The highest BCUT2D eigenvalue weighted by atomic mass is 16.6. The first-order valence-electron chi connectivity index (χ1n) is 6.47. The van der Waals surface area contributed by atoms with Crippen LogP contribution in [0, 0.1) is 10.1 Å². The molecule has 0 unspecified atom stereocenters. The van der Waals surface area contributed by atoms with E-state index < -0.39 is 4.92 Å². The number of carbonyl (C=O) groups is 1. The molecule has 1 amide bonds. The molecule has 1 fully saturated rings. The van der Waals surface area contributed by atoms with Gasteiger partial charge in [-0.1, -0.05) is 12.1 Å². The lowest BCUT2D eigenvalue weighted by molar-refractivity contribution is -0.384. The Balaban J connectivity index is 1.86. The molecule has 6 heteroatoms. The Bertz CT molecular complexity index is 522. The maximum atomic E-state index is 11.6. The molecule has 0 bridgehead atoms. The summed E-state index contributed by atoms with van der Waals surface area (Å²) in [6.07, 6.45) is 5.02. The van der Waals surface area contributed by atoms with Crippen molar-refractivity contribution >= 4 is 17.7 Å². The standard InChI is InChI=1S/C14H16N2O4/c17-14(15-10-13-5-2-8-20-13)7-6-11-3-1-4-12(9-11)16(18)19/h1,3-4,6-7,9,13H,2,5,8,10H2,(H,15,17)/b7-6+/t13-/m0/s1. The minimum Gasteiger partial charge on any atom is -0.376 e. The van der Waals surface area contributed by atoms with E-state index in [1.807, 2.05) is 0 Å². The number of benzene rings is 1. The van der Waals surface area contributed by atoms with Crippen molar-refractivity contribution < 1.29 is 14.5 Å². The number of rotatable bonds is 5. The predicted octanol–water partition coefficient (Wildman–Crippen LogP) is 1.90. The summed E-state index contributed by atoms with van der Waals surface area (Å²) >= 11 is 0. The largest absolute Gasteiger partial charge is 0.376 e. The highest BCUT2D eigenvalue weighted by molar-refractivity contribution is 5.91. The summed E-state index contributed by atoms with van der Waals surface area (Å²) in [6, 6.07) is 6.12. The molecule has 0 aromatic heterocycles. The summed E-state index contributed by atoms with van der Waals surface area (Å²) in [5.41, 5.74) is 0.624. The molecular formula is C14H16N2O4. The van der Waals surface area contributed by atoms with Crippen LogP contribution in [-0.2, 0) is 9.53 Å². The van der Waals surface area contributed by atoms with Gasteiger partial charge in [0.1, 0.15) is 0 Å². The van der Waals surface area contributed by atoms with Gasteiger partial charge in [0.2, 0.25) is 5.91 Å². The Morgan fingerprint density at radius 1 is 1.55 bits per heavy atom. The van der Waals surface area contributed by atoms with Crippen LogP contribution in [0.5, 0.6) is 0 Å². The van der Waals surface area contributed by atoms with Gasteiger partial charge >= 0.3 is 0 Å². The normalized spacial score (nSPS) is 18.3. The van der Waals surface area contributed by atoms with Crippen molar-refractivity contribution in [3.8, 4) is 0 Å². The lowest BCUT2D eigenvalue weighted by atomic mass is 10.2. The van der Waals surface area contributed by atoms with E-state index in [0.717, 1.165) is 19.4 Å². The molecule has 1 atom stereocenters. The first-order valence-corrected chi connectivity index (χ1v) is 6.47. The van der Waals surface area contributed by atoms with Gasteiger partial charge in [-0.2, -0.15) is 0 Å². The SMILES string of the molecule is O=C(/C=C/c1cccc([N+](=O)[O-])c1)NC[C@@H]1CCCO1. The number of amides is 1. The zero-order valence-electron chi connectivity index (χ0n) is 11.0. The average Bonchev–Trinajstić information content (AvgIpc) is 2.96. The summed E-state index contributed by atoms with van der Waals surface area (Å²) < 4.78 is 5.39. The van der Waals surface area contributed by atoms with Crippen molar-refractivity contribution in [3.05, 3.63) is 46.0 Å². The number of nitrogens with zero attached hydrogens (tertiary/aromatic N) is 1. The van der Waals surface area contributed by atoms with Crippen LogP contribution in [0.3, 0.4) is 0 Å². The number of carbonyl (C=O) groups excluding carboxylic acids is 1. The minimum absolute atomic E-state index is 0.00640. The molecule has 1 aliphatic rings. The number of non-ortho nitro benzene ring substituents is 1. The Labute approximate surface area is 116 Å². The van der Waals surface area contributed by atoms with Gasteiger partial charge in [-0.15, -0.1) is 0 Å². The maximum absolute atomic E-state index is 11.6. The fourth-order valence-corrected chi connectivity index (χ4v) is 1.99. The third-order valence-electron chi connectivity index (χ3n) is 3.04. The Hall–Kier alpha value is -2.21. The second-order valence-electron chi connectivity index (χ2n) is 4.57. The van der Waals surface area contributed by atoms with Crippen molar-refractivity contribution in [2.75, 3.05) is 13.2 Å². The summed E-state index contributed by atoms with van der Waals surface area (Å²) in [5.74, 6) is -0.230. The van der Waals surface area contributed by atoms with E-state index in [-0.39, 0.29) is 17.7 Å². The van der Waals surface area contributed by atoms with Crippen LogP contribution in [0.15, 0.2) is 30.3 Å². The molecule has 20 heavy (non-hydrogen) atoms. The van der Waals surface area contributed by atoms with Crippen molar-refractivity contribution in [1.29, 1.82) is 0 Å². The fourth-order valence-electron chi connectivity index (χ4n) is 1.99. The van der Waals surface area contributed by atoms with Crippen LogP contribution in [0.4, 0.5) is 5.69 Å². The van der Waals surface area contributed by atoms with Gasteiger partial charge in [0.15, 0.2) is 0 Å². The van der Waals surface area contributed by atoms with Gasteiger partial charge in [0, 0.05) is 31.4 Å². The molecule has 0 aliphatic carbocycles. The third kappa shape index (κ3) is 4.17. The molecule has 2 rings (SSSR count). The van der Waals surface area contributed by atoms with E-state index in [0.29, 0.717) is 12.1 Å². The molecule has 1 aliphatic heterocycles. The van der Waals surface area contributed by atoms with Crippen molar-refractivity contribution in [2.45, 2.75) is 18.9 Å². The molecule has 0 radical (unpaired) electrons. The lowest BCUT2D eigenvalue weighted by Gasteiger charge is -2.08. The molecule has 1 saturated heterocycles. The summed E-state index contributed by atoms with van der Waals surface area (Å²) in [4.78, 5) is 21.8.